The lowest BCUT2D eigenvalue weighted by Crippen LogP contribution is -2.07. The molecule has 0 aliphatic heterocycles. The predicted molar refractivity (Wildman–Crippen MR) is 113 cm³/mol. The standard InChI is InChI=1S/C21H22INO3/c1-5-25-16-8-10-19-17(12-16)20(21(24)26-6-2)14(4)23(19)18-9-7-15(22)11-13(18)3/h7-12H,5-6H2,1-4H3. The molecule has 0 unspecified atom stereocenters. The van der Waals surface area contributed by atoms with Crippen LogP contribution in [0.5, 0.6) is 5.75 Å². The van der Waals surface area contributed by atoms with Crippen LogP contribution in [-0.4, -0.2) is 23.8 Å². The summed E-state index contributed by atoms with van der Waals surface area (Å²) < 4.78 is 14.3. The number of nitrogens with zero attached hydrogens (tertiary/aromatic N) is 1. The molecule has 5 heteroatoms. The Labute approximate surface area is 167 Å². The van der Waals surface area contributed by atoms with Gasteiger partial charge in [-0.25, -0.2) is 4.79 Å². The number of carbonyl (C=O) groups is 1. The van der Waals surface area contributed by atoms with E-state index < -0.39 is 0 Å². The SMILES string of the molecule is CCOC(=O)c1c(C)n(-c2ccc(I)cc2C)c2ccc(OCC)cc12. The summed E-state index contributed by atoms with van der Waals surface area (Å²) in [6, 6.07) is 12.2. The second-order valence-electron chi connectivity index (χ2n) is 6.06. The average molecular weight is 463 g/mol. The number of hydrogen-bond donors (Lipinski definition) is 0. The zero-order valence-electron chi connectivity index (χ0n) is 15.4. The van der Waals surface area contributed by atoms with Crippen LogP contribution in [0.15, 0.2) is 36.4 Å². The fourth-order valence-corrected chi connectivity index (χ4v) is 3.94. The van der Waals surface area contributed by atoms with Crippen molar-refractivity contribution in [2.75, 3.05) is 13.2 Å². The highest BCUT2D eigenvalue weighted by Crippen LogP contribution is 2.33. The lowest BCUT2D eigenvalue weighted by molar-refractivity contribution is 0.0527. The van der Waals surface area contributed by atoms with Crippen molar-refractivity contribution in [3.05, 3.63) is 56.8 Å². The van der Waals surface area contributed by atoms with E-state index in [-0.39, 0.29) is 5.97 Å². The summed E-state index contributed by atoms with van der Waals surface area (Å²) in [6.07, 6.45) is 0. The van der Waals surface area contributed by atoms with E-state index in [1.54, 1.807) is 0 Å². The Morgan fingerprint density at radius 1 is 1.08 bits per heavy atom. The Kier molecular flexibility index (Phi) is 5.55. The Morgan fingerprint density at radius 3 is 2.50 bits per heavy atom. The van der Waals surface area contributed by atoms with E-state index in [0.717, 1.165) is 33.6 Å². The van der Waals surface area contributed by atoms with Crippen molar-refractivity contribution in [3.63, 3.8) is 0 Å². The first-order valence-electron chi connectivity index (χ1n) is 8.69. The van der Waals surface area contributed by atoms with E-state index in [4.69, 9.17) is 9.47 Å². The Balaban J connectivity index is 2.32. The van der Waals surface area contributed by atoms with Gasteiger partial charge in [0.15, 0.2) is 0 Å². The number of ether oxygens (including phenoxy) is 2. The van der Waals surface area contributed by atoms with Gasteiger partial charge in [0.2, 0.25) is 0 Å². The van der Waals surface area contributed by atoms with E-state index in [0.29, 0.717) is 18.8 Å². The molecule has 0 radical (unpaired) electrons. The largest absolute Gasteiger partial charge is 0.494 e. The molecule has 1 aromatic heterocycles. The number of rotatable bonds is 5. The van der Waals surface area contributed by atoms with Crippen molar-refractivity contribution in [1.82, 2.24) is 4.57 Å². The normalized spacial score (nSPS) is 11.0. The smallest absolute Gasteiger partial charge is 0.340 e. The molecule has 3 rings (SSSR count). The summed E-state index contributed by atoms with van der Waals surface area (Å²) in [5.74, 6) is 0.451. The van der Waals surface area contributed by atoms with Crippen LogP contribution in [0.2, 0.25) is 0 Å². The minimum atomic E-state index is -0.300. The second kappa shape index (κ2) is 7.70. The van der Waals surface area contributed by atoms with Gasteiger partial charge in [0.25, 0.3) is 0 Å². The molecule has 0 aliphatic carbocycles. The van der Waals surface area contributed by atoms with Gasteiger partial charge in [0, 0.05) is 20.3 Å². The molecule has 0 atom stereocenters. The van der Waals surface area contributed by atoms with Gasteiger partial charge in [-0.1, -0.05) is 0 Å². The van der Waals surface area contributed by atoms with Crippen LogP contribution in [0.25, 0.3) is 16.6 Å². The van der Waals surface area contributed by atoms with Crippen LogP contribution in [0.3, 0.4) is 0 Å². The van der Waals surface area contributed by atoms with E-state index in [1.807, 2.05) is 39.0 Å². The number of aromatic nitrogens is 1. The van der Waals surface area contributed by atoms with Crippen molar-refractivity contribution in [1.29, 1.82) is 0 Å². The first-order valence-corrected chi connectivity index (χ1v) is 9.77. The number of carbonyl (C=O) groups excluding carboxylic acids is 1. The van der Waals surface area contributed by atoms with Gasteiger partial charge in [-0.15, -0.1) is 0 Å². The molecule has 0 fully saturated rings. The van der Waals surface area contributed by atoms with Crippen LogP contribution in [0, 0.1) is 17.4 Å². The average Bonchev–Trinajstić information content (AvgIpc) is 2.87. The number of benzene rings is 2. The van der Waals surface area contributed by atoms with Crippen molar-refractivity contribution < 1.29 is 14.3 Å². The minimum absolute atomic E-state index is 0.300. The molecule has 0 saturated carbocycles. The summed E-state index contributed by atoms with van der Waals surface area (Å²) in [7, 11) is 0. The zero-order valence-corrected chi connectivity index (χ0v) is 17.6. The minimum Gasteiger partial charge on any atom is -0.494 e. The maximum atomic E-state index is 12.7. The highest BCUT2D eigenvalue weighted by atomic mass is 127. The first kappa shape index (κ1) is 18.8. The van der Waals surface area contributed by atoms with E-state index in [1.165, 1.54) is 3.57 Å². The number of hydrogen-bond acceptors (Lipinski definition) is 3. The molecule has 1 heterocycles. The third-order valence-corrected chi connectivity index (χ3v) is 5.04. The highest BCUT2D eigenvalue weighted by Gasteiger charge is 2.23. The molecule has 0 spiro atoms. The molecule has 26 heavy (non-hydrogen) atoms. The number of aryl methyl sites for hydroxylation is 1. The lowest BCUT2D eigenvalue weighted by atomic mass is 10.1. The molecular weight excluding hydrogens is 441 g/mol. The van der Waals surface area contributed by atoms with Crippen molar-refractivity contribution in [2.24, 2.45) is 0 Å². The second-order valence-corrected chi connectivity index (χ2v) is 7.30. The Bertz CT molecular complexity index is 975. The third kappa shape index (κ3) is 3.32. The van der Waals surface area contributed by atoms with E-state index in [9.17, 15) is 4.79 Å². The quantitative estimate of drug-likeness (QED) is 0.375. The number of halogens is 1. The molecule has 0 saturated heterocycles. The molecule has 0 amide bonds. The van der Waals surface area contributed by atoms with Gasteiger partial charge in [0.05, 0.1) is 24.3 Å². The van der Waals surface area contributed by atoms with Crippen LogP contribution >= 0.6 is 22.6 Å². The monoisotopic (exact) mass is 463 g/mol. The van der Waals surface area contributed by atoms with Gasteiger partial charge < -0.3 is 14.0 Å². The van der Waals surface area contributed by atoms with Gasteiger partial charge in [-0.05, 0) is 92.2 Å². The fraction of sp³-hybridized carbons (Fsp3) is 0.286. The number of fused-ring (bicyclic) bond motifs is 1. The number of esters is 1. The molecular formula is C21H22INO3. The van der Waals surface area contributed by atoms with Gasteiger partial charge in [-0.3, -0.25) is 0 Å². The highest BCUT2D eigenvalue weighted by molar-refractivity contribution is 14.1. The molecule has 0 N–H and O–H groups in total. The topological polar surface area (TPSA) is 40.5 Å². The van der Waals surface area contributed by atoms with E-state index >= 15 is 0 Å². The predicted octanol–water partition coefficient (Wildman–Crippen LogP) is 5.43. The van der Waals surface area contributed by atoms with Crippen LogP contribution < -0.4 is 4.74 Å². The van der Waals surface area contributed by atoms with Crippen LogP contribution in [0.4, 0.5) is 0 Å². The van der Waals surface area contributed by atoms with E-state index in [2.05, 4.69) is 52.3 Å². The van der Waals surface area contributed by atoms with Crippen molar-refractivity contribution in [2.45, 2.75) is 27.7 Å². The summed E-state index contributed by atoms with van der Waals surface area (Å²) >= 11 is 2.31. The maximum Gasteiger partial charge on any atom is 0.340 e. The molecule has 2 aromatic carbocycles. The first-order chi connectivity index (χ1) is 12.5. The van der Waals surface area contributed by atoms with Crippen molar-refractivity contribution >= 4 is 39.5 Å². The molecule has 0 bridgehead atoms. The Hall–Kier alpha value is -2.02. The zero-order chi connectivity index (χ0) is 18.8. The summed E-state index contributed by atoms with van der Waals surface area (Å²) in [5, 5.41) is 0.852. The molecule has 0 aliphatic rings. The summed E-state index contributed by atoms with van der Waals surface area (Å²) in [4.78, 5) is 12.7. The Morgan fingerprint density at radius 2 is 1.85 bits per heavy atom. The van der Waals surface area contributed by atoms with Gasteiger partial charge in [-0.2, -0.15) is 0 Å². The summed E-state index contributed by atoms with van der Waals surface area (Å²) in [5.41, 5.74) is 4.66. The maximum absolute atomic E-state index is 12.7. The van der Waals surface area contributed by atoms with Crippen LogP contribution in [0.1, 0.15) is 35.5 Å². The van der Waals surface area contributed by atoms with Gasteiger partial charge >= 0.3 is 5.97 Å². The molecule has 136 valence electrons. The molecule has 3 aromatic rings. The summed E-state index contributed by atoms with van der Waals surface area (Å²) in [6.45, 7) is 8.74. The fourth-order valence-electron chi connectivity index (χ4n) is 3.30. The molecule has 4 nitrogen and oxygen atoms in total. The third-order valence-electron chi connectivity index (χ3n) is 4.37. The van der Waals surface area contributed by atoms with Gasteiger partial charge in [0.1, 0.15) is 5.75 Å². The van der Waals surface area contributed by atoms with Crippen LogP contribution in [-0.2, 0) is 4.74 Å². The van der Waals surface area contributed by atoms with Crippen molar-refractivity contribution in [3.8, 4) is 11.4 Å². The lowest BCUT2D eigenvalue weighted by Gasteiger charge is -2.12.